The lowest BCUT2D eigenvalue weighted by molar-refractivity contribution is -0.163. The number of hydrogen-bond acceptors (Lipinski definition) is 5. The lowest BCUT2D eigenvalue weighted by atomic mass is 10.0. The van der Waals surface area contributed by atoms with Crippen LogP contribution in [0.5, 0.6) is 0 Å². The van der Waals surface area contributed by atoms with E-state index < -0.39 is 6.10 Å². The molecule has 0 N–H and O–H groups in total. The fraction of sp³-hybridized carbons (Fsp3) is 0.927. The quantitative estimate of drug-likeness (QED) is 0.0347. The Morgan fingerprint density at radius 3 is 1.03 bits per heavy atom. The van der Waals surface area contributed by atoms with Crippen molar-refractivity contribution in [3.63, 3.8) is 0 Å². The van der Waals surface area contributed by atoms with Crippen LogP contribution in [0.15, 0.2) is 12.2 Å². The van der Waals surface area contributed by atoms with E-state index in [1.54, 1.807) is 0 Å². The first-order valence-corrected chi connectivity index (χ1v) is 27.2. The summed E-state index contributed by atoms with van der Waals surface area (Å²) in [6.07, 6.45) is 59.3. The molecule has 0 bridgehead atoms. The van der Waals surface area contributed by atoms with Gasteiger partial charge < -0.3 is 14.2 Å². The Morgan fingerprint density at radius 2 is 0.650 bits per heavy atom. The Morgan fingerprint density at radius 1 is 0.350 bits per heavy atom. The molecule has 0 amide bonds. The van der Waals surface area contributed by atoms with Crippen molar-refractivity contribution in [2.24, 2.45) is 0 Å². The highest BCUT2D eigenvalue weighted by Crippen LogP contribution is 2.16. The number of hydrogen-bond donors (Lipinski definition) is 0. The molecule has 5 heteroatoms. The standard InChI is InChI=1S/C55H106O5/c1-4-7-10-13-16-19-22-25-27-29-32-35-38-41-44-47-50-58-51-53(60-55(57)49-46-43-40-37-34-30-24-21-18-15-12-9-6-3)52-59-54(56)48-45-42-39-36-33-31-28-26-23-20-17-14-11-8-5-2/h21,24,53H,4-20,22-23,25-52H2,1-3H3/b24-21-/t53-/m1/s1. The van der Waals surface area contributed by atoms with Crippen LogP contribution in [0.2, 0.25) is 0 Å². The van der Waals surface area contributed by atoms with Crippen LogP contribution in [-0.4, -0.2) is 37.9 Å². The summed E-state index contributed by atoms with van der Waals surface area (Å²) in [5.74, 6) is -0.384. The predicted molar refractivity (Wildman–Crippen MR) is 261 cm³/mol. The van der Waals surface area contributed by atoms with Crippen molar-refractivity contribution in [3.05, 3.63) is 12.2 Å². The lowest BCUT2D eigenvalue weighted by Crippen LogP contribution is -2.30. The number of allylic oxidation sites excluding steroid dienone is 2. The van der Waals surface area contributed by atoms with Gasteiger partial charge in [-0.05, 0) is 44.9 Å². The second kappa shape index (κ2) is 52.0. The molecule has 0 radical (unpaired) electrons. The molecule has 0 saturated heterocycles. The van der Waals surface area contributed by atoms with Gasteiger partial charge in [-0.25, -0.2) is 0 Å². The van der Waals surface area contributed by atoms with Gasteiger partial charge in [0.2, 0.25) is 0 Å². The fourth-order valence-electron chi connectivity index (χ4n) is 8.21. The number of unbranched alkanes of at least 4 members (excludes halogenated alkanes) is 38. The molecule has 0 saturated carbocycles. The maximum atomic E-state index is 12.8. The topological polar surface area (TPSA) is 61.8 Å². The summed E-state index contributed by atoms with van der Waals surface area (Å²) in [5.41, 5.74) is 0. The average Bonchev–Trinajstić information content (AvgIpc) is 3.25. The molecule has 5 nitrogen and oxygen atoms in total. The van der Waals surface area contributed by atoms with Crippen LogP contribution in [0.3, 0.4) is 0 Å². The van der Waals surface area contributed by atoms with E-state index in [4.69, 9.17) is 14.2 Å². The first-order chi connectivity index (χ1) is 29.6. The molecule has 0 aromatic carbocycles. The van der Waals surface area contributed by atoms with Gasteiger partial charge in [0, 0.05) is 19.4 Å². The third-order valence-corrected chi connectivity index (χ3v) is 12.3. The van der Waals surface area contributed by atoms with Gasteiger partial charge in [-0.2, -0.15) is 0 Å². The van der Waals surface area contributed by atoms with E-state index in [-0.39, 0.29) is 18.5 Å². The summed E-state index contributed by atoms with van der Waals surface area (Å²) in [7, 11) is 0. The molecule has 1 atom stereocenters. The monoisotopic (exact) mass is 847 g/mol. The molecule has 0 aliphatic heterocycles. The highest BCUT2D eigenvalue weighted by molar-refractivity contribution is 5.70. The fourth-order valence-corrected chi connectivity index (χ4v) is 8.21. The number of carbonyl (C=O) groups excluding carboxylic acids is 2. The van der Waals surface area contributed by atoms with Gasteiger partial charge in [-0.1, -0.05) is 258 Å². The van der Waals surface area contributed by atoms with Crippen LogP contribution >= 0.6 is 0 Å². The van der Waals surface area contributed by atoms with Crippen LogP contribution in [0.4, 0.5) is 0 Å². The van der Waals surface area contributed by atoms with Crippen LogP contribution in [-0.2, 0) is 23.8 Å². The molecule has 0 aromatic heterocycles. The maximum absolute atomic E-state index is 12.8. The molecule has 0 unspecified atom stereocenters. The summed E-state index contributed by atoms with van der Waals surface area (Å²) >= 11 is 0. The Balaban J connectivity index is 4.20. The predicted octanol–water partition coefficient (Wildman–Crippen LogP) is 18.2. The number of esters is 2. The van der Waals surface area contributed by atoms with E-state index in [0.29, 0.717) is 26.1 Å². The molecule has 0 aliphatic rings. The Kier molecular flexibility index (Phi) is 50.8. The average molecular weight is 847 g/mol. The zero-order chi connectivity index (χ0) is 43.5. The van der Waals surface area contributed by atoms with Gasteiger partial charge in [0.15, 0.2) is 6.10 Å². The zero-order valence-corrected chi connectivity index (χ0v) is 41.0. The number of carbonyl (C=O) groups is 2. The normalized spacial score (nSPS) is 12.1. The highest BCUT2D eigenvalue weighted by atomic mass is 16.6. The number of ether oxygens (including phenoxy) is 3. The summed E-state index contributed by atoms with van der Waals surface area (Å²) in [6.45, 7) is 7.88. The van der Waals surface area contributed by atoms with Gasteiger partial charge in [-0.3, -0.25) is 9.59 Å². The SMILES string of the molecule is CCCCCC/C=C\CCCCCCCC(=O)O[C@H](COCCCCCCCCCCCCCCCCCC)COC(=O)CCCCCCCCCCCCCCCCC. The van der Waals surface area contributed by atoms with Gasteiger partial charge in [0.1, 0.15) is 6.61 Å². The molecule has 0 rings (SSSR count). The maximum Gasteiger partial charge on any atom is 0.306 e. The Labute approximate surface area is 375 Å². The third kappa shape index (κ3) is 49.3. The van der Waals surface area contributed by atoms with E-state index in [0.717, 1.165) is 44.9 Å². The van der Waals surface area contributed by atoms with Crippen molar-refractivity contribution in [3.8, 4) is 0 Å². The van der Waals surface area contributed by atoms with Crippen LogP contribution in [0, 0.1) is 0 Å². The van der Waals surface area contributed by atoms with Crippen molar-refractivity contribution in [2.45, 2.75) is 309 Å². The molecule has 0 aliphatic carbocycles. The van der Waals surface area contributed by atoms with E-state index in [1.807, 2.05) is 0 Å². The minimum Gasteiger partial charge on any atom is -0.462 e. The van der Waals surface area contributed by atoms with Crippen LogP contribution in [0.1, 0.15) is 303 Å². The van der Waals surface area contributed by atoms with Crippen molar-refractivity contribution >= 4 is 11.9 Å². The Hall–Kier alpha value is -1.36. The van der Waals surface area contributed by atoms with Gasteiger partial charge in [0.05, 0.1) is 6.61 Å². The van der Waals surface area contributed by atoms with Crippen LogP contribution in [0.25, 0.3) is 0 Å². The van der Waals surface area contributed by atoms with Crippen molar-refractivity contribution in [1.82, 2.24) is 0 Å². The largest absolute Gasteiger partial charge is 0.462 e. The van der Waals surface area contributed by atoms with E-state index in [2.05, 4.69) is 32.9 Å². The van der Waals surface area contributed by atoms with Crippen LogP contribution < -0.4 is 0 Å². The Bertz CT molecular complexity index is 871. The molecular weight excluding hydrogens is 741 g/mol. The van der Waals surface area contributed by atoms with Crippen molar-refractivity contribution in [1.29, 1.82) is 0 Å². The van der Waals surface area contributed by atoms with Gasteiger partial charge in [-0.15, -0.1) is 0 Å². The zero-order valence-electron chi connectivity index (χ0n) is 41.0. The lowest BCUT2D eigenvalue weighted by Gasteiger charge is -2.18. The second-order valence-electron chi connectivity index (χ2n) is 18.5. The van der Waals surface area contributed by atoms with Gasteiger partial charge >= 0.3 is 11.9 Å². The summed E-state index contributed by atoms with van der Waals surface area (Å²) < 4.78 is 17.4. The first-order valence-electron chi connectivity index (χ1n) is 27.2. The molecule has 0 fully saturated rings. The van der Waals surface area contributed by atoms with E-state index in [9.17, 15) is 9.59 Å². The minimum atomic E-state index is -0.530. The minimum absolute atomic E-state index is 0.0917. The highest BCUT2D eigenvalue weighted by Gasteiger charge is 2.17. The van der Waals surface area contributed by atoms with E-state index in [1.165, 1.54) is 225 Å². The third-order valence-electron chi connectivity index (χ3n) is 12.3. The second-order valence-corrected chi connectivity index (χ2v) is 18.5. The summed E-state index contributed by atoms with van der Waals surface area (Å²) in [6, 6.07) is 0. The molecule has 60 heavy (non-hydrogen) atoms. The molecule has 0 spiro atoms. The summed E-state index contributed by atoms with van der Waals surface area (Å²) in [5, 5.41) is 0. The van der Waals surface area contributed by atoms with E-state index >= 15 is 0 Å². The molecule has 0 heterocycles. The molecule has 0 aromatic rings. The van der Waals surface area contributed by atoms with Crippen molar-refractivity contribution < 1.29 is 23.8 Å². The van der Waals surface area contributed by atoms with Gasteiger partial charge in [0.25, 0.3) is 0 Å². The van der Waals surface area contributed by atoms with Crippen molar-refractivity contribution in [2.75, 3.05) is 19.8 Å². The smallest absolute Gasteiger partial charge is 0.306 e. The molecular formula is C55H106O5. The first kappa shape index (κ1) is 58.6. The number of rotatable bonds is 51. The molecule has 356 valence electrons. The summed E-state index contributed by atoms with van der Waals surface area (Å²) in [4.78, 5) is 25.4.